The summed E-state index contributed by atoms with van der Waals surface area (Å²) < 4.78 is 59.9. The average molecular weight is 424 g/mol. The summed E-state index contributed by atoms with van der Waals surface area (Å²) >= 11 is 0. The van der Waals surface area contributed by atoms with Crippen LogP contribution in [0.3, 0.4) is 0 Å². The third kappa shape index (κ3) is 50.0. The van der Waals surface area contributed by atoms with E-state index in [1.165, 1.54) is 0 Å². The minimum atomic E-state index is -5.17. The van der Waals surface area contributed by atoms with Gasteiger partial charge in [0.05, 0.1) is 79.3 Å². The van der Waals surface area contributed by atoms with Gasteiger partial charge in [-0.3, -0.25) is 8.42 Å². The van der Waals surface area contributed by atoms with E-state index in [-0.39, 0.29) is 72.3 Å². The fraction of sp³-hybridized carbons (Fsp3) is 1.00. The molecule has 0 saturated heterocycles. The van der Waals surface area contributed by atoms with Crippen molar-refractivity contribution in [1.82, 2.24) is 0 Å². The first-order valence-corrected chi connectivity index (χ1v) is 8.52. The van der Waals surface area contributed by atoms with E-state index < -0.39 is 10.4 Å². The average Bonchev–Trinajstić information content (AvgIpc) is 2.49. The van der Waals surface area contributed by atoms with Crippen molar-refractivity contribution in [3.63, 3.8) is 0 Å². The summed E-state index contributed by atoms with van der Waals surface area (Å²) in [5.74, 6) is 0. The molecule has 2 N–H and O–H groups in total. The maximum atomic E-state index is 8.52. The Hall–Kier alpha value is 1.59. The third-order valence-corrected chi connectivity index (χ3v) is 1.96. The van der Waals surface area contributed by atoms with Crippen LogP contribution in [-0.4, -0.2) is 107 Å². The Kier molecular flexibility index (Phi) is 38.8. The number of ether oxygens (including phenoxy) is 5. The zero-order valence-corrected chi connectivity index (χ0v) is 20.3. The van der Waals surface area contributed by atoms with Gasteiger partial charge in [-0.25, -0.2) is 0 Å². The molecule has 0 amide bonds. The van der Waals surface area contributed by atoms with E-state index in [2.05, 4.69) is 0 Å². The van der Waals surface area contributed by atoms with Crippen LogP contribution in [0.1, 0.15) is 0 Å². The third-order valence-electron chi connectivity index (χ3n) is 1.96. The minimum absolute atomic E-state index is 0. The van der Waals surface area contributed by atoms with Gasteiger partial charge in [-0.15, -0.1) is 0 Å². The fourth-order valence-corrected chi connectivity index (χ4v) is 1.11. The molecule has 0 radical (unpaired) electrons. The van der Waals surface area contributed by atoms with E-state index in [0.717, 1.165) is 0 Å². The Morgan fingerprint density at radius 2 is 0.692 bits per heavy atom. The van der Waals surface area contributed by atoms with Crippen LogP contribution < -0.4 is 59.1 Å². The van der Waals surface area contributed by atoms with Gasteiger partial charge in [-0.2, -0.15) is 0 Å². The normalized spacial score (nSPS) is 10.3. The van der Waals surface area contributed by atoms with E-state index in [1.807, 2.05) is 0 Å². The van der Waals surface area contributed by atoms with Crippen LogP contribution in [0.4, 0.5) is 0 Å². The largest absolute Gasteiger partial charge is 1.00 e. The van der Waals surface area contributed by atoms with Gasteiger partial charge in [0.15, 0.2) is 0 Å². The molecular weight excluding hydrogens is 398 g/mol. The predicted octanol–water partition coefficient (Wildman–Crippen LogP) is -8.28. The molecule has 0 aliphatic heterocycles. The molecule has 0 atom stereocenters. The predicted molar refractivity (Wildman–Crippen MR) is 78.7 cm³/mol. The van der Waals surface area contributed by atoms with Gasteiger partial charge in [0.1, 0.15) is 0 Å². The smallest absolute Gasteiger partial charge is 0.759 e. The zero-order chi connectivity index (χ0) is 18.5. The van der Waals surface area contributed by atoms with Crippen LogP contribution in [0.25, 0.3) is 0 Å². The number of hydrogen-bond acceptors (Lipinski definition) is 11. The number of rotatable bonds is 16. The van der Waals surface area contributed by atoms with Crippen molar-refractivity contribution >= 4 is 10.4 Å². The van der Waals surface area contributed by atoms with Crippen LogP contribution in [-0.2, 0) is 34.1 Å². The summed E-state index contributed by atoms with van der Waals surface area (Å²) in [7, 11) is -5.17. The molecule has 0 bridgehead atoms. The topological polar surface area (TPSA) is 167 Å². The van der Waals surface area contributed by atoms with Gasteiger partial charge >= 0.3 is 59.1 Å². The first-order chi connectivity index (χ1) is 11.4. The molecule has 11 nitrogen and oxygen atoms in total. The van der Waals surface area contributed by atoms with Crippen LogP contribution in [0.2, 0.25) is 0 Å². The number of aliphatic hydroxyl groups is 2. The summed E-state index contributed by atoms with van der Waals surface area (Å²) in [5.41, 5.74) is 0. The van der Waals surface area contributed by atoms with Crippen molar-refractivity contribution in [3.8, 4) is 0 Å². The van der Waals surface area contributed by atoms with Crippen molar-refractivity contribution in [2.24, 2.45) is 0 Å². The molecule has 26 heavy (non-hydrogen) atoms. The molecule has 0 rings (SSSR count). The second-order valence-corrected chi connectivity index (χ2v) is 4.73. The van der Waals surface area contributed by atoms with E-state index >= 15 is 0 Å². The SMILES string of the molecule is O=S(=O)([O-])[O-].OCCOCCOCCOCCOCCOCCO.[Na+].[Na+]. The number of aliphatic hydroxyl groups excluding tert-OH is 2. The summed E-state index contributed by atoms with van der Waals surface area (Å²) in [4.78, 5) is 0. The molecule has 0 saturated carbocycles. The molecule has 0 aromatic rings. The van der Waals surface area contributed by atoms with Crippen molar-refractivity contribution in [2.75, 3.05) is 79.3 Å². The molecule has 0 fully saturated rings. The summed E-state index contributed by atoms with van der Waals surface area (Å²) in [6.45, 7) is 4.80. The van der Waals surface area contributed by atoms with Gasteiger partial charge in [-0.1, -0.05) is 0 Å². The summed E-state index contributed by atoms with van der Waals surface area (Å²) in [6.07, 6.45) is 0. The van der Waals surface area contributed by atoms with Crippen molar-refractivity contribution in [3.05, 3.63) is 0 Å². The first kappa shape index (κ1) is 35.1. The summed E-state index contributed by atoms with van der Waals surface area (Å²) in [6, 6.07) is 0. The molecule has 0 aliphatic carbocycles. The quantitative estimate of drug-likeness (QED) is 0.104. The maximum absolute atomic E-state index is 8.52. The van der Waals surface area contributed by atoms with E-state index in [9.17, 15) is 0 Å². The Bertz CT molecular complexity index is 309. The Balaban J connectivity index is -0.000000304. The standard InChI is InChI=1S/C12H26O7.2Na.H2O4S/c13-1-3-15-5-7-17-9-11-19-12-10-18-8-6-16-4-2-14;;;1-5(2,3)4/h13-14H,1-12H2;;;(H2,1,2,3,4)/q;2*+1;/p-2. The van der Waals surface area contributed by atoms with Crippen molar-refractivity contribution in [1.29, 1.82) is 0 Å². The molecule has 0 aromatic carbocycles. The maximum Gasteiger partial charge on any atom is 1.00 e. The second kappa shape index (κ2) is 28.8. The Morgan fingerprint density at radius 1 is 0.538 bits per heavy atom. The van der Waals surface area contributed by atoms with Gasteiger partial charge in [-0.05, 0) is 0 Å². The van der Waals surface area contributed by atoms with Crippen LogP contribution >= 0.6 is 0 Å². The minimum Gasteiger partial charge on any atom is -0.759 e. The monoisotopic (exact) mass is 424 g/mol. The molecule has 0 spiro atoms. The van der Waals surface area contributed by atoms with Crippen LogP contribution in [0.5, 0.6) is 0 Å². The molecular formula is C12H26Na2O11S. The Morgan fingerprint density at radius 3 is 0.846 bits per heavy atom. The van der Waals surface area contributed by atoms with Gasteiger partial charge < -0.3 is 43.0 Å². The summed E-state index contributed by atoms with van der Waals surface area (Å²) in [5, 5.41) is 16.9. The molecule has 0 aliphatic rings. The fourth-order valence-electron chi connectivity index (χ4n) is 1.11. The van der Waals surface area contributed by atoms with Crippen LogP contribution in [0, 0.1) is 0 Å². The number of hydrogen-bond donors (Lipinski definition) is 2. The van der Waals surface area contributed by atoms with E-state index in [4.69, 9.17) is 51.4 Å². The second-order valence-electron chi connectivity index (χ2n) is 3.92. The van der Waals surface area contributed by atoms with Gasteiger partial charge in [0.2, 0.25) is 0 Å². The molecule has 0 unspecified atom stereocenters. The Labute approximate surface area is 198 Å². The molecule has 0 aromatic heterocycles. The zero-order valence-electron chi connectivity index (χ0n) is 15.5. The van der Waals surface area contributed by atoms with Gasteiger partial charge in [0, 0.05) is 10.4 Å². The molecule has 14 heteroatoms. The molecule has 148 valence electrons. The first-order valence-electron chi connectivity index (χ1n) is 7.19. The molecule has 0 heterocycles. The van der Waals surface area contributed by atoms with Crippen molar-refractivity contribution < 1.29 is 111 Å². The van der Waals surface area contributed by atoms with Gasteiger partial charge in [0.25, 0.3) is 0 Å². The van der Waals surface area contributed by atoms with E-state index in [1.54, 1.807) is 0 Å². The van der Waals surface area contributed by atoms with Crippen molar-refractivity contribution in [2.45, 2.75) is 0 Å². The van der Waals surface area contributed by atoms with Crippen LogP contribution in [0.15, 0.2) is 0 Å². The van der Waals surface area contributed by atoms with E-state index in [0.29, 0.717) is 66.1 Å².